The van der Waals surface area contributed by atoms with E-state index < -0.39 is 0 Å². The van der Waals surface area contributed by atoms with E-state index in [0.29, 0.717) is 6.04 Å². The van der Waals surface area contributed by atoms with Gasteiger partial charge in [0.1, 0.15) is 5.76 Å². The van der Waals surface area contributed by atoms with Crippen molar-refractivity contribution >= 4 is 11.8 Å². The zero-order valence-electron chi connectivity index (χ0n) is 8.75. The van der Waals surface area contributed by atoms with Gasteiger partial charge in [-0.2, -0.15) is 11.8 Å². The maximum Gasteiger partial charge on any atom is 0.102 e. The minimum absolute atomic E-state index is 0.630. The third-order valence-electron chi connectivity index (χ3n) is 2.68. The molecule has 0 radical (unpaired) electrons. The first kappa shape index (κ1) is 10.9. The Morgan fingerprint density at radius 2 is 2.31 bits per heavy atom. The Labute approximate surface area is 85.3 Å². The SMILES string of the molecule is C=C(CN1CCSC(C)C1C)OC. The van der Waals surface area contributed by atoms with E-state index in [1.54, 1.807) is 7.11 Å². The van der Waals surface area contributed by atoms with Crippen molar-refractivity contribution in [3.05, 3.63) is 12.3 Å². The molecular weight excluding hydrogens is 182 g/mol. The Balaban J connectivity index is 2.43. The van der Waals surface area contributed by atoms with E-state index in [-0.39, 0.29) is 0 Å². The molecule has 2 unspecified atom stereocenters. The molecule has 13 heavy (non-hydrogen) atoms. The summed E-state index contributed by atoms with van der Waals surface area (Å²) in [7, 11) is 1.69. The van der Waals surface area contributed by atoms with Gasteiger partial charge in [-0.25, -0.2) is 0 Å². The van der Waals surface area contributed by atoms with Gasteiger partial charge in [-0.05, 0) is 6.92 Å². The molecule has 0 amide bonds. The van der Waals surface area contributed by atoms with E-state index in [1.165, 1.54) is 5.75 Å². The maximum absolute atomic E-state index is 5.09. The fourth-order valence-corrected chi connectivity index (χ4v) is 2.67. The fourth-order valence-electron chi connectivity index (χ4n) is 1.51. The van der Waals surface area contributed by atoms with Crippen LogP contribution in [0.4, 0.5) is 0 Å². The summed E-state index contributed by atoms with van der Waals surface area (Å²) >= 11 is 2.05. The van der Waals surface area contributed by atoms with E-state index >= 15 is 0 Å². The van der Waals surface area contributed by atoms with Gasteiger partial charge in [-0.3, -0.25) is 4.90 Å². The molecule has 2 nitrogen and oxygen atoms in total. The molecule has 76 valence electrons. The van der Waals surface area contributed by atoms with Gasteiger partial charge in [0.15, 0.2) is 0 Å². The van der Waals surface area contributed by atoms with Gasteiger partial charge in [-0.15, -0.1) is 0 Å². The number of rotatable bonds is 3. The highest BCUT2D eigenvalue weighted by Crippen LogP contribution is 2.24. The van der Waals surface area contributed by atoms with Crippen molar-refractivity contribution in [3.8, 4) is 0 Å². The van der Waals surface area contributed by atoms with Crippen molar-refractivity contribution in [2.75, 3.05) is 26.0 Å². The molecule has 1 saturated heterocycles. The summed E-state index contributed by atoms with van der Waals surface area (Å²) in [6, 6.07) is 0.630. The standard InChI is InChI=1S/C10H19NOS/c1-8(12-4)7-11-5-6-13-10(3)9(11)2/h9-10H,1,5-7H2,2-4H3. The second-order valence-electron chi connectivity index (χ2n) is 3.53. The average molecular weight is 201 g/mol. The zero-order valence-corrected chi connectivity index (χ0v) is 9.56. The summed E-state index contributed by atoms with van der Waals surface area (Å²) in [6.07, 6.45) is 0. The smallest absolute Gasteiger partial charge is 0.102 e. The van der Waals surface area contributed by atoms with Crippen molar-refractivity contribution in [1.82, 2.24) is 4.90 Å². The summed E-state index contributed by atoms with van der Waals surface area (Å²) in [5.41, 5.74) is 0. The van der Waals surface area contributed by atoms with Crippen molar-refractivity contribution in [2.24, 2.45) is 0 Å². The first-order valence-corrected chi connectivity index (χ1v) is 5.77. The lowest BCUT2D eigenvalue weighted by atomic mass is 10.2. The molecule has 1 aliphatic heterocycles. The predicted octanol–water partition coefficient (Wildman–Crippen LogP) is 1.97. The molecule has 0 spiro atoms. The van der Waals surface area contributed by atoms with Crippen molar-refractivity contribution in [3.63, 3.8) is 0 Å². The van der Waals surface area contributed by atoms with Gasteiger partial charge < -0.3 is 4.74 Å². The minimum atomic E-state index is 0.630. The molecule has 2 atom stereocenters. The summed E-state index contributed by atoms with van der Waals surface area (Å²) in [5, 5.41) is 0.721. The molecule has 0 saturated carbocycles. The second kappa shape index (κ2) is 4.91. The first-order valence-electron chi connectivity index (χ1n) is 4.72. The van der Waals surface area contributed by atoms with Crippen LogP contribution in [0.5, 0.6) is 0 Å². The summed E-state index contributed by atoms with van der Waals surface area (Å²) < 4.78 is 5.09. The Morgan fingerprint density at radius 1 is 1.62 bits per heavy atom. The van der Waals surface area contributed by atoms with Gasteiger partial charge >= 0.3 is 0 Å². The number of nitrogens with zero attached hydrogens (tertiary/aromatic N) is 1. The van der Waals surface area contributed by atoms with E-state index in [0.717, 1.165) is 24.1 Å². The molecule has 1 aliphatic rings. The van der Waals surface area contributed by atoms with Crippen LogP contribution in [0.1, 0.15) is 13.8 Å². The van der Waals surface area contributed by atoms with Crippen LogP contribution < -0.4 is 0 Å². The van der Waals surface area contributed by atoms with Crippen LogP contribution in [0.15, 0.2) is 12.3 Å². The number of hydrogen-bond donors (Lipinski definition) is 0. The summed E-state index contributed by atoms with van der Waals surface area (Å²) in [5.74, 6) is 2.09. The Kier molecular flexibility index (Phi) is 4.13. The Bertz CT molecular complexity index is 184. The van der Waals surface area contributed by atoms with E-state index in [4.69, 9.17) is 4.74 Å². The molecule has 0 aromatic rings. The van der Waals surface area contributed by atoms with Crippen LogP contribution in [0.2, 0.25) is 0 Å². The lowest BCUT2D eigenvalue weighted by molar-refractivity contribution is 0.180. The number of methoxy groups -OCH3 is 1. The second-order valence-corrected chi connectivity index (χ2v) is 5.01. The monoisotopic (exact) mass is 201 g/mol. The van der Waals surface area contributed by atoms with Gasteiger partial charge in [0.25, 0.3) is 0 Å². The van der Waals surface area contributed by atoms with Crippen LogP contribution in [0.3, 0.4) is 0 Å². The van der Waals surface area contributed by atoms with Gasteiger partial charge in [0, 0.05) is 23.6 Å². The van der Waals surface area contributed by atoms with Crippen LogP contribution in [-0.4, -0.2) is 42.1 Å². The molecule has 3 heteroatoms. The zero-order chi connectivity index (χ0) is 9.84. The van der Waals surface area contributed by atoms with Crippen LogP contribution in [0, 0.1) is 0 Å². The summed E-state index contributed by atoms with van der Waals surface area (Å²) in [6.45, 7) is 10.5. The van der Waals surface area contributed by atoms with Crippen LogP contribution in [0.25, 0.3) is 0 Å². The molecule has 1 rings (SSSR count). The van der Waals surface area contributed by atoms with Gasteiger partial charge in [-0.1, -0.05) is 13.5 Å². The Morgan fingerprint density at radius 3 is 2.92 bits per heavy atom. The molecule has 0 aromatic carbocycles. The van der Waals surface area contributed by atoms with Gasteiger partial charge in [0.05, 0.1) is 13.7 Å². The largest absolute Gasteiger partial charge is 0.500 e. The molecular formula is C10H19NOS. The molecule has 0 N–H and O–H groups in total. The van der Waals surface area contributed by atoms with Gasteiger partial charge in [0.2, 0.25) is 0 Å². The molecule has 0 aliphatic carbocycles. The molecule has 1 heterocycles. The molecule has 0 bridgehead atoms. The first-order chi connectivity index (χ1) is 6.15. The fraction of sp³-hybridized carbons (Fsp3) is 0.800. The van der Waals surface area contributed by atoms with Crippen molar-refractivity contribution < 1.29 is 4.74 Å². The third-order valence-corrected chi connectivity index (χ3v) is 4.02. The third kappa shape index (κ3) is 2.92. The molecule has 0 aromatic heterocycles. The summed E-state index contributed by atoms with van der Waals surface area (Å²) in [4.78, 5) is 2.44. The normalized spacial score (nSPS) is 30.1. The highest BCUT2D eigenvalue weighted by atomic mass is 32.2. The van der Waals surface area contributed by atoms with E-state index in [9.17, 15) is 0 Å². The quantitative estimate of drug-likeness (QED) is 0.648. The highest BCUT2D eigenvalue weighted by Gasteiger charge is 2.25. The molecule has 1 fully saturated rings. The topological polar surface area (TPSA) is 12.5 Å². The number of ether oxygens (including phenoxy) is 1. The lowest BCUT2D eigenvalue weighted by Gasteiger charge is -2.37. The predicted molar refractivity (Wildman–Crippen MR) is 59.1 cm³/mol. The van der Waals surface area contributed by atoms with E-state index in [1.807, 2.05) is 0 Å². The van der Waals surface area contributed by atoms with Crippen LogP contribution in [-0.2, 0) is 4.74 Å². The highest BCUT2D eigenvalue weighted by molar-refractivity contribution is 8.00. The number of hydrogen-bond acceptors (Lipinski definition) is 3. The van der Waals surface area contributed by atoms with E-state index in [2.05, 4.69) is 37.1 Å². The van der Waals surface area contributed by atoms with Crippen LogP contribution >= 0.6 is 11.8 Å². The number of thioether (sulfide) groups is 1. The van der Waals surface area contributed by atoms with Crippen molar-refractivity contribution in [2.45, 2.75) is 25.1 Å². The minimum Gasteiger partial charge on any atom is -0.500 e. The lowest BCUT2D eigenvalue weighted by Crippen LogP contribution is -2.45. The average Bonchev–Trinajstić information content (AvgIpc) is 2.13. The van der Waals surface area contributed by atoms with Crippen molar-refractivity contribution in [1.29, 1.82) is 0 Å². The Hall–Kier alpha value is -0.150. The maximum atomic E-state index is 5.09.